The Balaban J connectivity index is 1.72. The van der Waals surface area contributed by atoms with Gasteiger partial charge < -0.3 is 4.57 Å². The summed E-state index contributed by atoms with van der Waals surface area (Å²) in [5.41, 5.74) is 3.56. The van der Waals surface area contributed by atoms with Crippen LogP contribution in [0.4, 0.5) is 5.95 Å². The lowest BCUT2D eigenvalue weighted by Gasteiger charge is -2.09. The number of hydrogen-bond donors (Lipinski definition) is 1. The molecule has 1 amide bonds. The fourth-order valence-corrected chi connectivity index (χ4v) is 3.99. The molecule has 1 N–H and O–H groups in total. The number of carbonyl (C=O) groups excluding carboxylic acids is 1. The molecule has 136 valence electrons. The molecular weight excluding hydrogens is 356 g/mol. The number of hydrogen-bond acceptors (Lipinski definition) is 4. The monoisotopic (exact) mass is 376 g/mol. The zero-order valence-electron chi connectivity index (χ0n) is 15.3. The number of amides is 1. The van der Waals surface area contributed by atoms with E-state index in [1.165, 1.54) is 11.3 Å². The summed E-state index contributed by atoms with van der Waals surface area (Å²) < 4.78 is 2.06. The van der Waals surface area contributed by atoms with Crippen LogP contribution in [0, 0.1) is 6.92 Å². The molecule has 0 aliphatic carbocycles. The van der Waals surface area contributed by atoms with Crippen LogP contribution in [-0.4, -0.2) is 20.4 Å². The largest absolute Gasteiger partial charge is 0.310 e. The summed E-state index contributed by atoms with van der Waals surface area (Å²) >= 11 is 1.40. The normalized spacial score (nSPS) is 11.0. The second-order valence-electron chi connectivity index (χ2n) is 6.31. The zero-order chi connectivity index (χ0) is 18.8. The van der Waals surface area contributed by atoms with Gasteiger partial charge in [-0.2, -0.15) is 0 Å². The maximum Gasteiger partial charge on any atom is 0.270 e. The fourth-order valence-electron chi connectivity index (χ4n) is 3.15. The molecule has 2 aromatic heterocycles. The van der Waals surface area contributed by atoms with E-state index in [0.29, 0.717) is 16.5 Å². The maximum absolute atomic E-state index is 13.1. The molecule has 0 radical (unpaired) electrons. The Kier molecular flexibility index (Phi) is 4.73. The van der Waals surface area contributed by atoms with E-state index in [2.05, 4.69) is 26.8 Å². The Hall–Kier alpha value is -2.99. The van der Waals surface area contributed by atoms with Gasteiger partial charge in [0.15, 0.2) is 0 Å². The molecule has 0 aliphatic rings. The Morgan fingerprint density at radius 1 is 1.07 bits per heavy atom. The van der Waals surface area contributed by atoms with E-state index < -0.39 is 0 Å². The van der Waals surface area contributed by atoms with Crippen molar-refractivity contribution >= 4 is 34.2 Å². The third-order valence-electron chi connectivity index (χ3n) is 4.31. The SMILES string of the molecule is CCCn1c(NC(=O)c2sc(C)nc2-c2ccccc2)nc2ccccc21. The highest BCUT2D eigenvalue weighted by molar-refractivity contribution is 7.14. The van der Waals surface area contributed by atoms with E-state index in [-0.39, 0.29) is 5.91 Å². The van der Waals surface area contributed by atoms with Crippen molar-refractivity contribution in [2.24, 2.45) is 0 Å². The van der Waals surface area contributed by atoms with Crippen molar-refractivity contribution in [2.45, 2.75) is 26.8 Å². The topological polar surface area (TPSA) is 59.8 Å². The first-order chi connectivity index (χ1) is 13.2. The first kappa shape index (κ1) is 17.4. The zero-order valence-corrected chi connectivity index (χ0v) is 16.1. The highest BCUT2D eigenvalue weighted by atomic mass is 32.1. The highest BCUT2D eigenvalue weighted by Crippen LogP contribution is 2.29. The molecule has 0 saturated heterocycles. The number of thiazole rings is 1. The Morgan fingerprint density at radius 2 is 1.81 bits per heavy atom. The fraction of sp³-hybridized carbons (Fsp3) is 0.190. The summed E-state index contributed by atoms with van der Waals surface area (Å²) in [7, 11) is 0. The molecule has 0 fully saturated rings. The second kappa shape index (κ2) is 7.32. The third-order valence-corrected chi connectivity index (χ3v) is 5.28. The van der Waals surface area contributed by atoms with Crippen LogP contribution in [-0.2, 0) is 6.54 Å². The van der Waals surface area contributed by atoms with Crippen LogP contribution < -0.4 is 5.32 Å². The number of carbonyl (C=O) groups is 1. The summed E-state index contributed by atoms with van der Waals surface area (Å²) in [6.07, 6.45) is 0.957. The number of anilines is 1. The molecule has 0 saturated carbocycles. The lowest BCUT2D eigenvalue weighted by atomic mass is 10.1. The van der Waals surface area contributed by atoms with Gasteiger partial charge in [-0.1, -0.05) is 49.4 Å². The first-order valence-corrected chi connectivity index (χ1v) is 9.78. The Morgan fingerprint density at radius 3 is 2.59 bits per heavy atom. The van der Waals surface area contributed by atoms with Crippen LogP contribution in [0.1, 0.15) is 28.0 Å². The Labute approximate surface area is 161 Å². The number of nitrogens with one attached hydrogen (secondary N) is 1. The average Bonchev–Trinajstić information content (AvgIpc) is 3.24. The van der Waals surface area contributed by atoms with Crippen molar-refractivity contribution < 1.29 is 4.79 Å². The number of rotatable bonds is 5. The van der Waals surface area contributed by atoms with Crippen molar-refractivity contribution in [3.8, 4) is 11.3 Å². The first-order valence-electron chi connectivity index (χ1n) is 8.97. The minimum Gasteiger partial charge on any atom is -0.310 e. The van der Waals surface area contributed by atoms with Crippen LogP contribution in [0.25, 0.3) is 22.3 Å². The minimum atomic E-state index is -0.174. The number of nitrogens with zero attached hydrogens (tertiary/aromatic N) is 3. The number of para-hydroxylation sites is 2. The number of benzene rings is 2. The molecule has 2 heterocycles. The standard InChI is InChI=1S/C21H20N4OS/c1-3-13-25-17-12-8-7-11-16(17)23-21(25)24-20(26)19-18(22-14(2)27-19)15-9-5-4-6-10-15/h4-12H,3,13H2,1-2H3,(H,23,24,26). The molecule has 4 rings (SSSR count). The highest BCUT2D eigenvalue weighted by Gasteiger charge is 2.20. The average molecular weight is 376 g/mol. The summed E-state index contributed by atoms with van der Waals surface area (Å²) in [6.45, 7) is 4.82. The summed E-state index contributed by atoms with van der Waals surface area (Å²) in [4.78, 5) is 22.9. The van der Waals surface area contributed by atoms with E-state index >= 15 is 0 Å². The van der Waals surface area contributed by atoms with E-state index in [1.54, 1.807) is 0 Å². The van der Waals surface area contributed by atoms with Gasteiger partial charge in [0.1, 0.15) is 4.88 Å². The van der Waals surface area contributed by atoms with Crippen molar-refractivity contribution in [2.75, 3.05) is 5.32 Å². The van der Waals surface area contributed by atoms with Crippen LogP contribution >= 0.6 is 11.3 Å². The molecule has 0 atom stereocenters. The van der Waals surface area contributed by atoms with Gasteiger partial charge in [0.2, 0.25) is 5.95 Å². The van der Waals surface area contributed by atoms with Crippen LogP contribution in [0.5, 0.6) is 0 Å². The number of fused-ring (bicyclic) bond motifs is 1. The van der Waals surface area contributed by atoms with Gasteiger partial charge in [-0.15, -0.1) is 11.3 Å². The minimum absolute atomic E-state index is 0.174. The van der Waals surface area contributed by atoms with Gasteiger partial charge in [-0.25, -0.2) is 9.97 Å². The molecule has 2 aromatic carbocycles. The van der Waals surface area contributed by atoms with Crippen molar-refractivity contribution in [3.05, 3.63) is 64.5 Å². The molecule has 4 aromatic rings. The lowest BCUT2D eigenvalue weighted by Crippen LogP contribution is -2.15. The van der Waals surface area contributed by atoms with E-state index in [0.717, 1.165) is 34.6 Å². The third kappa shape index (κ3) is 3.36. The predicted molar refractivity (Wildman–Crippen MR) is 110 cm³/mol. The molecular formula is C21H20N4OS. The maximum atomic E-state index is 13.1. The molecule has 0 aliphatic heterocycles. The molecule has 6 heteroatoms. The summed E-state index contributed by atoms with van der Waals surface area (Å²) in [5.74, 6) is 0.403. The van der Waals surface area contributed by atoms with Gasteiger partial charge in [-0.3, -0.25) is 10.1 Å². The van der Waals surface area contributed by atoms with Gasteiger partial charge >= 0.3 is 0 Å². The smallest absolute Gasteiger partial charge is 0.270 e. The van der Waals surface area contributed by atoms with Gasteiger partial charge in [0.05, 0.1) is 21.7 Å². The summed E-state index contributed by atoms with van der Waals surface area (Å²) in [5, 5.41) is 3.87. The van der Waals surface area contributed by atoms with Crippen molar-refractivity contribution in [1.82, 2.24) is 14.5 Å². The van der Waals surface area contributed by atoms with Gasteiger partial charge in [0, 0.05) is 12.1 Å². The second-order valence-corrected chi connectivity index (χ2v) is 7.51. The summed E-state index contributed by atoms with van der Waals surface area (Å²) in [6, 6.07) is 17.7. The number of aryl methyl sites for hydroxylation is 2. The molecule has 0 spiro atoms. The molecule has 0 bridgehead atoms. The van der Waals surface area contributed by atoms with Gasteiger partial charge in [0.25, 0.3) is 5.91 Å². The number of aromatic nitrogens is 3. The van der Waals surface area contributed by atoms with Gasteiger partial charge in [-0.05, 0) is 25.5 Å². The van der Waals surface area contributed by atoms with E-state index in [9.17, 15) is 4.79 Å². The van der Waals surface area contributed by atoms with Crippen LogP contribution in [0.3, 0.4) is 0 Å². The van der Waals surface area contributed by atoms with Crippen molar-refractivity contribution in [3.63, 3.8) is 0 Å². The molecule has 27 heavy (non-hydrogen) atoms. The molecule has 5 nitrogen and oxygen atoms in total. The van der Waals surface area contributed by atoms with Crippen LogP contribution in [0.2, 0.25) is 0 Å². The van der Waals surface area contributed by atoms with E-state index in [4.69, 9.17) is 0 Å². The predicted octanol–water partition coefficient (Wildman–Crippen LogP) is 5.13. The van der Waals surface area contributed by atoms with E-state index in [1.807, 2.05) is 61.5 Å². The lowest BCUT2D eigenvalue weighted by molar-refractivity contribution is 0.102. The van der Waals surface area contributed by atoms with Crippen molar-refractivity contribution in [1.29, 1.82) is 0 Å². The molecule has 0 unspecified atom stereocenters. The van der Waals surface area contributed by atoms with Crippen LogP contribution in [0.15, 0.2) is 54.6 Å². The Bertz CT molecular complexity index is 1100. The number of imidazole rings is 1. The quantitative estimate of drug-likeness (QED) is 0.525.